The lowest BCUT2D eigenvalue weighted by Gasteiger charge is -2.20. The number of hydrogen-bond acceptors (Lipinski definition) is 3. The molecule has 0 aromatic carbocycles. The molecule has 1 heterocycles. The fourth-order valence-electron chi connectivity index (χ4n) is 2.46. The monoisotopic (exact) mass is 275 g/mol. The van der Waals surface area contributed by atoms with Gasteiger partial charge in [-0.25, -0.2) is 0 Å². The number of nitrogens with one attached hydrogen (secondary N) is 2. The Bertz CT molecular complexity index is 467. The predicted molar refractivity (Wildman–Crippen MR) is 81.9 cm³/mol. The van der Waals surface area contributed by atoms with Crippen molar-refractivity contribution < 1.29 is 4.79 Å². The van der Waals surface area contributed by atoms with E-state index >= 15 is 0 Å². The number of pyridine rings is 1. The van der Waals surface area contributed by atoms with E-state index in [4.69, 9.17) is 0 Å². The third-order valence-corrected chi connectivity index (χ3v) is 4.35. The van der Waals surface area contributed by atoms with Crippen molar-refractivity contribution in [3.8, 4) is 0 Å². The van der Waals surface area contributed by atoms with E-state index in [-0.39, 0.29) is 5.91 Å². The molecule has 110 valence electrons. The highest BCUT2D eigenvalue weighted by Crippen LogP contribution is 2.51. The molecule has 0 bridgehead atoms. The third kappa shape index (κ3) is 3.30. The number of carbonyl (C=O) groups is 1. The maximum atomic E-state index is 12.3. The summed E-state index contributed by atoms with van der Waals surface area (Å²) in [5.41, 5.74) is 1.84. The number of carbonyl (C=O) groups excluding carboxylic acids is 1. The van der Waals surface area contributed by atoms with Gasteiger partial charge < -0.3 is 10.6 Å². The first kappa shape index (κ1) is 14.8. The first-order valence-electron chi connectivity index (χ1n) is 7.55. The van der Waals surface area contributed by atoms with Gasteiger partial charge in [0.1, 0.15) is 0 Å². The van der Waals surface area contributed by atoms with Crippen LogP contribution in [0.2, 0.25) is 0 Å². The van der Waals surface area contributed by atoms with Gasteiger partial charge in [0.15, 0.2) is 0 Å². The molecule has 1 saturated carbocycles. The first-order valence-corrected chi connectivity index (χ1v) is 7.55. The molecule has 1 fully saturated rings. The maximum absolute atomic E-state index is 12.3. The standard InChI is InChI=1S/C16H25N3O/c1-4-8-18-14-10-17-9-5-13(14)15(20)19-11-16(6-7-16)12(2)3/h5,9-10,12,18H,4,6-8,11H2,1-3H3,(H,19,20). The second-order valence-electron chi connectivity index (χ2n) is 6.05. The van der Waals surface area contributed by atoms with Crippen molar-refractivity contribution in [2.75, 3.05) is 18.4 Å². The molecule has 0 saturated heterocycles. The summed E-state index contributed by atoms with van der Waals surface area (Å²) in [4.78, 5) is 16.4. The topological polar surface area (TPSA) is 54.0 Å². The van der Waals surface area contributed by atoms with Gasteiger partial charge in [0, 0.05) is 19.3 Å². The van der Waals surface area contributed by atoms with Crippen LogP contribution in [-0.4, -0.2) is 24.0 Å². The summed E-state index contributed by atoms with van der Waals surface area (Å²) in [6.45, 7) is 8.20. The molecule has 0 aliphatic heterocycles. The van der Waals surface area contributed by atoms with Crippen LogP contribution in [0.4, 0.5) is 5.69 Å². The zero-order chi connectivity index (χ0) is 14.6. The number of amides is 1. The molecule has 0 spiro atoms. The lowest BCUT2D eigenvalue weighted by Crippen LogP contribution is -2.33. The smallest absolute Gasteiger partial charge is 0.253 e. The second-order valence-corrected chi connectivity index (χ2v) is 6.05. The normalized spacial score (nSPS) is 16.0. The minimum absolute atomic E-state index is 0.00192. The number of anilines is 1. The van der Waals surface area contributed by atoms with E-state index in [1.807, 2.05) is 0 Å². The fourth-order valence-corrected chi connectivity index (χ4v) is 2.46. The number of aromatic nitrogens is 1. The van der Waals surface area contributed by atoms with E-state index in [0.29, 0.717) is 16.9 Å². The van der Waals surface area contributed by atoms with E-state index in [1.165, 1.54) is 12.8 Å². The van der Waals surface area contributed by atoms with Gasteiger partial charge in [0.25, 0.3) is 5.91 Å². The van der Waals surface area contributed by atoms with Crippen molar-refractivity contribution in [2.45, 2.75) is 40.0 Å². The lowest BCUT2D eigenvalue weighted by molar-refractivity contribution is 0.0940. The minimum Gasteiger partial charge on any atom is -0.383 e. The molecule has 4 nitrogen and oxygen atoms in total. The third-order valence-electron chi connectivity index (χ3n) is 4.35. The van der Waals surface area contributed by atoms with E-state index in [9.17, 15) is 4.79 Å². The van der Waals surface area contributed by atoms with Gasteiger partial charge in [-0.05, 0) is 36.7 Å². The lowest BCUT2D eigenvalue weighted by atomic mass is 9.92. The minimum atomic E-state index is -0.00192. The van der Waals surface area contributed by atoms with Gasteiger partial charge in [-0.3, -0.25) is 9.78 Å². The molecular formula is C16H25N3O. The van der Waals surface area contributed by atoms with Crippen molar-refractivity contribution in [1.29, 1.82) is 0 Å². The van der Waals surface area contributed by atoms with Crippen molar-refractivity contribution >= 4 is 11.6 Å². The Morgan fingerprint density at radius 3 is 2.80 bits per heavy atom. The van der Waals surface area contributed by atoms with Crippen molar-refractivity contribution in [2.24, 2.45) is 11.3 Å². The summed E-state index contributed by atoms with van der Waals surface area (Å²) in [5.74, 6) is 0.621. The zero-order valence-electron chi connectivity index (χ0n) is 12.7. The Hall–Kier alpha value is -1.58. The van der Waals surface area contributed by atoms with Gasteiger partial charge >= 0.3 is 0 Å². The van der Waals surface area contributed by atoms with Crippen LogP contribution in [0.15, 0.2) is 18.5 Å². The second kappa shape index (κ2) is 6.25. The summed E-state index contributed by atoms with van der Waals surface area (Å²) in [6, 6.07) is 1.78. The molecule has 0 radical (unpaired) electrons. The van der Waals surface area contributed by atoms with Crippen LogP contribution >= 0.6 is 0 Å². The molecule has 1 amide bonds. The highest BCUT2D eigenvalue weighted by atomic mass is 16.1. The Morgan fingerprint density at radius 2 is 2.20 bits per heavy atom. The number of rotatable bonds is 7. The van der Waals surface area contributed by atoms with Gasteiger partial charge in [-0.15, -0.1) is 0 Å². The summed E-state index contributed by atoms with van der Waals surface area (Å²) >= 11 is 0. The SMILES string of the molecule is CCCNc1cnccc1C(=O)NCC1(C(C)C)CC1. The van der Waals surface area contributed by atoms with Crippen molar-refractivity contribution in [3.05, 3.63) is 24.0 Å². The molecule has 0 unspecified atom stereocenters. The molecule has 0 atom stereocenters. The van der Waals surface area contributed by atoms with Crippen LogP contribution in [0.5, 0.6) is 0 Å². The average molecular weight is 275 g/mol. The van der Waals surface area contributed by atoms with Crippen LogP contribution < -0.4 is 10.6 Å². The Labute approximate surface area is 121 Å². The van der Waals surface area contributed by atoms with Crippen molar-refractivity contribution in [3.63, 3.8) is 0 Å². The molecule has 1 aliphatic carbocycles. The molecule has 1 aromatic heterocycles. The Morgan fingerprint density at radius 1 is 1.45 bits per heavy atom. The Balaban J connectivity index is 1.98. The Kier molecular flexibility index (Phi) is 4.63. The summed E-state index contributed by atoms with van der Waals surface area (Å²) in [7, 11) is 0. The average Bonchev–Trinajstić information content (AvgIpc) is 3.24. The molecular weight excluding hydrogens is 250 g/mol. The van der Waals surface area contributed by atoms with E-state index in [2.05, 4.69) is 36.4 Å². The summed E-state index contributed by atoms with van der Waals surface area (Å²) in [5, 5.41) is 6.35. The summed E-state index contributed by atoms with van der Waals surface area (Å²) in [6.07, 6.45) is 6.86. The molecule has 2 rings (SSSR count). The first-order chi connectivity index (χ1) is 9.59. The largest absolute Gasteiger partial charge is 0.383 e. The van der Waals surface area contributed by atoms with Crippen LogP contribution in [0.3, 0.4) is 0 Å². The van der Waals surface area contributed by atoms with Gasteiger partial charge in [0.05, 0.1) is 17.4 Å². The van der Waals surface area contributed by atoms with Crippen LogP contribution in [0.25, 0.3) is 0 Å². The van der Waals surface area contributed by atoms with Gasteiger partial charge in [-0.2, -0.15) is 0 Å². The molecule has 1 aromatic rings. The fraction of sp³-hybridized carbons (Fsp3) is 0.625. The molecule has 4 heteroatoms. The van der Waals surface area contributed by atoms with E-state index in [0.717, 1.165) is 25.2 Å². The van der Waals surface area contributed by atoms with Gasteiger partial charge in [0.2, 0.25) is 0 Å². The molecule has 20 heavy (non-hydrogen) atoms. The van der Waals surface area contributed by atoms with E-state index < -0.39 is 0 Å². The molecule has 2 N–H and O–H groups in total. The quantitative estimate of drug-likeness (QED) is 0.804. The highest BCUT2D eigenvalue weighted by molar-refractivity contribution is 5.99. The van der Waals surface area contributed by atoms with Crippen LogP contribution in [0, 0.1) is 11.3 Å². The van der Waals surface area contributed by atoms with E-state index in [1.54, 1.807) is 18.5 Å². The van der Waals surface area contributed by atoms with Gasteiger partial charge in [-0.1, -0.05) is 20.8 Å². The highest BCUT2D eigenvalue weighted by Gasteiger charge is 2.45. The molecule has 1 aliphatic rings. The summed E-state index contributed by atoms with van der Waals surface area (Å²) < 4.78 is 0. The number of nitrogens with zero attached hydrogens (tertiary/aromatic N) is 1. The van der Waals surface area contributed by atoms with Crippen LogP contribution in [-0.2, 0) is 0 Å². The van der Waals surface area contributed by atoms with Crippen LogP contribution in [0.1, 0.15) is 50.4 Å². The maximum Gasteiger partial charge on any atom is 0.253 e. The number of hydrogen-bond donors (Lipinski definition) is 2. The zero-order valence-corrected chi connectivity index (χ0v) is 12.7. The predicted octanol–water partition coefficient (Wildman–Crippen LogP) is 3.07. The van der Waals surface area contributed by atoms with Crippen molar-refractivity contribution in [1.82, 2.24) is 10.3 Å².